The summed E-state index contributed by atoms with van der Waals surface area (Å²) in [6, 6.07) is 6.73. The Morgan fingerprint density at radius 3 is 2.81 bits per heavy atom. The molecule has 0 bridgehead atoms. The van der Waals surface area contributed by atoms with Crippen LogP contribution in [0.4, 0.5) is 5.69 Å². The first-order valence-electron chi connectivity index (χ1n) is 8.95. The van der Waals surface area contributed by atoms with E-state index in [1.165, 1.54) is 0 Å². The Morgan fingerprint density at radius 2 is 2.15 bits per heavy atom. The maximum Gasteiger partial charge on any atom is 0.256 e. The molecule has 2 atom stereocenters. The van der Waals surface area contributed by atoms with Gasteiger partial charge >= 0.3 is 0 Å². The number of aryl methyl sites for hydroxylation is 1. The molecule has 0 saturated carbocycles. The van der Waals surface area contributed by atoms with Crippen LogP contribution < -0.4 is 5.32 Å². The number of hydrogen-bond acceptors (Lipinski definition) is 4. The van der Waals surface area contributed by atoms with Crippen molar-refractivity contribution in [1.29, 1.82) is 0 Å². The molecular formula is C19H23ClN4O3. The molecule has 1 fully saturated rings. The SMILES string of the molecule is CCC(=O)Nc1cc(Cl)ccc1C(=O)N1C[C@@H](Cc2cc(C)[nH]n2)[C@H](O)C1. The number of β-amino-alcohol motifs (C(OH)–C–C–N with tert-alkyl or cyclic N) is 1. The van der Waals surface area contributed by atoms with Crippen LogP contribution in [0.1, 0.15) is 35.1 Å². The number of anilines is 1. The number of nitrogens with one attached hydrogen (secondary N) is 2. The number of amides is 2. The summed E-state index contributed by atoms with van der Waals surface area (Å²) in [5.41, 5.74) is 2.58. The fourth-order valence-corrected chi connectivity index (χ4v) is 3.46. The molecule has 3 N–H and O–H groups in total. The average Bonchev–Trinajstić information content (AvgIpc) is 3.20. The van der Waals surface area contributed by atoms with E-state index in [1.54, 1.807) is 30.0 Å². The van der Waals surface area contributed by atoms with E-state index in [0.29, 0.717) is 35.7 Å². The lowest BCUT2D eigenvalue weighted by Gasteiger charge is -2.18. The highest BCUT2D eigenvalue weighted by Crippen LogP contribution is 2.27. The van der Waals surface area contributed by atoms with Gasteiger partial charge in [0.05, 0.1) is 23.0 Å². The van der Waals surface area contributed by atoms with Gasteiger partial charge in [-0.3, -0.25) is 14.7 Å². The highest BCUT2D eigenvalue weighted by Gasteiger charge is 2.35. The third kappa shape index (κ3) is 4.48. The van der Waals surface area contributed by atoms with E-state index >= 15 is 0 Å². The molecule has 8 heteroatoms. The number of nitrogens with zero attached hydrogens (tertiary/aromatic N) is 2. The van der Waals surface area contributed by atoms with E-state index in [-0.39, 0.29) is 24.3 Å². The molecule has 2 heterocycles. The third-order valence-electron chi connectivity index (χ3n) is 4.73. The number of hydrogen-bond donors (Lipinski definition) is 3. The number of H-pyrrole nitrogens is 1. The Kier molecular flexibility index (Phi) is 5.82. The molecular weight excluding hydrogens is 368 g/mol. The van der Waals surface area contributed by atoms with Crippen LogP contribution in [0, 0.1) is 12.8 Å². The van der Waals surface area contributed by atoms with E-state index in [9.17, 15) is 14.7 Å². The molecule has 0 aliphatic carbocycles. The maximum absolute atomic E-state index is 13.0. The molecule has 1 aromatic heterocycles. The number of carbonyl (C=O) groups is 2. The van der Waals surface area contributed by atoms with Crippen LogP contribution in [0.15, 0.2) is 24.3 Å². The minimum Gasteiger partial charge on any atom is -0.391 e. The summed E-state index contributed by atoms with van der Waals surface area (Å²) in [5.74, 6) is -0.519. The monoisotopic (exact) mass is 390 g/mol. The van der Waals surface area contributed by atoms with Gasteiger partial charge in [0.15, 0.2) is 0 Å². The van der Waals surface area contributed by atoms with Gasteiger partial charge < -0.3 is 15.3 Å². The van der Waals surface area contributed by atoms with Crippen LogP contribution in [0.3, 0.4) is 0 Å². The number of rotatable bonds is 5. The van der Waals surface area contributed by atoms with Crippen molar-refractivity contribution in [1.82, 2.24) is 15.1 Å². The first kappa shape index (κ1) is 19.4. The lowest BCUT2D eigenvalue weighted by Crippen LogP contribution is -2.30. The van der Waals surface area contributed by atoms with Gasteiger partial charge in [-0.05, 0) is 37.6 Å². The fraction of sp³-hybridized carbons (Fsp3) is 0.421. The van der Waals surface area contributed by atoms with Gasteiger partial charge in [-0.1, -0.05) is 18.5 Å². The summed E-state index contributed by atoms with van der Waals surface area (Å²) >= 11 is 6.02. The topological polar surface area (TPSA) is 98.3 Å². The van der Waals surface area contributed by atoms with Crippen molar-refractivity contribution in [3.63, 3.8) is 0 Å². The maximum atomic E-state index is 13.0. The van der Waals surface area contributed by atoms with Gasteiger partial charge in [0, 0.05) is 36.1 Å². The summed E-state index contributed by atoms with van der Waals surface area (Å²) in [7, 11) is 0. The van der Waals surface area contributed by atoms with E-state index in [0.717, 1.165) is 11.4 Å². The van der Waals surface area contributed by atoms with E-state index in [4.69, 9.17) is 11.6 Å². The van der Waals surface area contributed by atoms with Crippen LogP contribution >= 0.6 is 11.6 Å². The molecule has 3 rings (SSSR count). The van der Waals surface area contributed by atoms with Gasteiger partial charge in [-0.25, -0.2) is 0 Å². The highest BCUT2D eigenvalue weighted by molar-refractivity contribution is 6.31. The lowest BCUT2D eigenvalue weighted by molar-refractivity contribution is -0.115. The zero-order chi connectivity index (χ0) is 19.6. The minimum absolute atomic E-state index is 0.0855. The average molecular weight is 391 g/mol. The number of aliphatic hydroxyl groups excluding tert-OH is 1. The molecule has 1 aromatic carbocycles. The Bertz CT molecular complexity index is 851. The molecule has 2 amide bonds. The number of aliphatic hydroxyl groups is 1. The van der Waals surface area contributed by atoms with Crippen LogP contribution in [-0.4, -0.2) is 51.2 Å². The van der Waals surface area contributed by atoms with Gasteiger partial charge in [0.2, 0.25) is 5.91 Å². The zero-order valence-corrected chi connectivity index (χ0v) is 16.1. The summed E-state index contributed by atoms with van der Waals surface area (Å²) in [5, 5.41) is 20.7. The number of aromatic amines is 1. The predicted molar refractivity (Wildman–Crippen MR) is 103 cm³/mol. The smallest absolute Gasteiger partial charge is 0.256 e. The van der Waals surface area contributed by atoms with Gasteiger partial charge in [-0.15, -0.1) is 0 Å². The standard InChI is InChI=1S/C19H23ClN4O3/c1-3-18(26)21-16-8-13(20)4-5-15(16)19(27)24-9-12(17(25)10-24)7-14-6-11(2)22-23-14/h4-6,8,12,17,25H,3,7,9-10H2,1-2H3,(H,21,26)(H,22,23)/t12-,17-/m1/s1. The molecule has 1 saturated heterocycles. The quantitative estimate of drug-likeness (QED) is 0.730. The summed E-state index contributed by atoms with van der Waals surface area (Å²) < 4.78 is 0. The Labute approximate surface area is 162 Å². The minimum atomic E-state index is -0.619. The Morgan fingerprint density at radius 1 is 1.37 bits per heavy atom. The predicted octanol–water partition coefficient (Wildman–Crippen LogP) is 2.40. The summed E-state index contributed by atoms with van der Waals surface area (Å²) in [4.78, 5) is 26.4. The van der Waals surface area contributed by atoms with Crippen LogP contribution in [0.2, 0.25) is 5.02 Å². The number of likely N-dealkylation sites (tertiary alicyclic amines) is 1. The second-order valence-electron chi connectivity index (χ2n) is 6.88. The van der Waals surface area contributed by atoms with Crippen molar-refractivity contribution in [3.05, 3.63) is 46.2 Å². The van der Waals surface area contributed by atoms with Crippen molar-refractivity contribution in [2.24, 2.45) is 5.92 Å². The summed E-state index contributed by atoms with van der Waals surface area (Å²) in [6.45, 7) is 4.33. The van der Waals surface area contributed by atoms with Gasteiger partial charge in [-0.2, -0.15) is 5.10 Å². The van der Waals surface area contributed by atoms with E-state index in [2.05, 4.69) is 15.5 Å². The second kappa shape index (κ2) is 8.10. The number of aromatic nitrogens is 2. The third-order valence-corrected chi connectivity index (χ3v) is 4.97. The molecule has 0 radical (unpaired) electrons. The number of carbonyl (C=O) groups excluding carboxylic acids is 2. The fourth-order valence-electron chi connectivity index (χ4n) is 3.28. The number of halogens is 1. The zero-order valence-electron chi connectivity index (χ0n) is 15.3. The normalized spacial score (nSPS) is 19.3. The molecule has 144 valence electrons. The molecule has 2 aromatic rings. The Balaban J connectivity index is 1.75. The van der Waals surface area contributed by atoms with Crippen molar-refractivity contribution in [3.8, 4) is 0 Å². The van der Waals surface area contributed by atoms with Crippen LogP contribution in [0.5, 0.6) is 0 Å². The summed E-state index contributed by atoms with van der Waals surface area (Å²) in [6.07, 6.45) is 0.273. The Hall–Kier alpha value is -2.38. The van der Waals surface area contributed by atoms with Crippen molar-refractivity contribution in [2.45, 2.75) is 32.8 Å². The molecule has 0 spiro atoms. The number of benzene rings is 1. The van der Waals surface area contributed by atoms with Crippen LogP contribution in [0.25, 0.3) is 0 Å². The first-order valence-corrected chi connectivity index (χ1v) is 9.32. The van der Waals surface area contributed by atoms with Gasteiger partial charge in [0.1, 0.15) is 0 Å². The van der Waals surface area contributed by atoms with E-state index < -0.39 is 6.10 Å². The van der Waals surface area contributed by atoms with Crippen molar-refractivity contribution >= 4 is 29.1 Å². The second-order valence-corrected chi connectivity index (χ2v) is 7.31. The van der Waals surface area contributed by atoms with Gasteiger partial charge in [0.25, 0.3) is 5.91 Å². The van der Waals surface area contributed by atoms with Crippen molar-refractivity contribution in [2.75, 3.05) is 18.4 Å². The molecule has 0 unspecified atom stereocenters. The van der Waals surface area contributed by atoms with E-state index in [1.807, 2.05) is 13.0 Å². The first-order chi connectivity index (χ1) is 12.9. The molecule has 1 aliphatic rings. The van der Waals surface area contributed by atoms with Crippen LogP contribution in [-0.2, 0) is 11.2 Å². The highest BCUT2D eigenvalue weighted by atomic mass is 35.5. The largest absolute Gasteiger partial charge is 0.391 e. The molecule has 27 heavy (non-hydrogen) atoms. The molecule has 1 aliphatic heterocycles. The van der Waals surface area contributed by atoms with Crippen molar-refractivity contribution < 1.29 is 14.7 Å². The lowest BCUT2D eigenvalue weighted by atomic mass is 10.00. The molecule has 7 nitrogen and oxygen atoms in total.